The summed E-state index contributed by atoms with van der Waals surface area (Å²) in [5, 5.41) is 3.44. The zero-order valence-electron chi connectivity index (χ0n) is 15.1. The van der Waals surface area contributed by atoms with Crippen molar-refractivity contribution in [1.82, 2.24) is 5.32 Å². The molecule has 2 aromatic rings. The van der Waals surface area contributed by atoms with Crippen LogP contribution in [-0.4, -0.2) is 33.1 Å². The summed E-state index contributed by atoms with van der Waals surface area (Å²) in [6.07, 6.45) is 1.28. The molecule has 1 N–H and O–H groups in total. The average molecular weight is 362 g/mol. The van der Waals surface area contributed by atoms with E-state index in [-0.39, 0.29) is 17.7 Å². The Kier molecular flexibility index (Phi) is 7.02. The van der Waals surface area contributed by atoms with Crippen LogP contribution in [-0.2, 0) is 16.4 Å². The molecule has 0 fully saturated rings. The number of hydrogen-bond donors (Lipinski definition) is 1. The van der Waals surface area contributed by atoms with Gasteiger partial charge >= 0.3 is 0 Å². The fraction of sp³-hybridized carbons (Fsp3) is 0.400. The van der Waals surface area contributed by atoms with Crippen LogP contribution in [0.15, 0.2) is 54.6 Å². The third kappa shape index (κ3) is 7.28. The van der Waals surface area contributed by atoms with Crippen LogP contribution in [0.3, 0.4) is 0 Å². The van der Waals surface area contributed by atoms with Gasteiger partial charge in [-0.25, -0.2) is 8.42 Å². The molecule has 1 unspecified atom stereocenters. The van der Waals surface area contributed by atoms with E-state index in [9.17, 15) is 8.42 Å². The molecular weight excluding hydrogens is 334 g/mol. The molecule has 0 bridgehead atoms. The summed E-state index contributed by atoms with van der Waals surface area (Å²) in [6.45, 7) is 5.39. The van der Waals surface area contributed by atoms with Crippen molar-refractivity contribution < 1.29 is 13.2 Å². The first-order valence-electron chi connectivity index (χ1n) is 8.51. The maximum Gasteiger partial charge on any atom is 0.148 e. The van der Waals surface area contributed by atoms with Gasteiger partial charge in [0.2, 0.25) is 0 Å². The van der Waals surface area contributed by atoms with Crippen molar-refractivity contribution in [3.63, 3.8) is 0 Å². The second-order valence-corrected chi connectivity index (χ2v) is 8.83. The van der Waals surface area contributed by atoms with Gasteiger partial charge in [-0.2, -0.15) is 0 Å². The number of sulfone groups is 1. The minimum Gasteiger partial charge on any atom is -0.492 e. The van der Waals surface area contributed by atoms with Crippen molar-refractivity contribution in [1.29, 1.82) is 0 Å². The number of hydrogen-bond acceptors (Lipinski definition) is 4. The number of benzene rings is 2. The summed E-state index contributed by atoms with van der Waals surface area (Å²) < 4.78 is 28.5. The molecule has 0 aliphatic heterocycles. The molecule has 0 spiro atoms. The molecule has 0 saturated carbocycles. The molecule has 2 rings (SSSR count). The van der Waals surface area contributed by atoms with E-state index in [0.717, 1.165) is 17.9 Å². The smallest absolute Gasteiger partial charge is 0.148 e. The van der Waals surface area contributed by atoms with Gasteiger partial charge in [0.1, 0.15) is 22.2 Å². The summed E-state index contributed by atoms with van der Waals surface area (Å²) in [5.41, 5.74) is 2.22. The summed E-state index contributed by atoms with van der Waals surface area (Å²) in [6, 6.07) is 18.1. The fourth-order valence-electron chi connectivity index (χ4n) is 2.60. The summed E-state index contributed by atoms with van der Waals surface area (Å²) in [4.78, 5) is 0. The van der Waals surface area contributed by atoms with Crippen molar-refractivity contribution in [3.8, 4) is 5.75 Å². The Morgan fingerprint density at radius 2 is 1.64 bits per heavy atom. The molecular formula is C20H27NO3S. The minimum atomic E-state index is -2.96. The van der Waals surface area contributed by atoms with Crippen LogP contribution in [0.4, 0.5) is 0 Å². The van der Waals surface area contributed by atoms with Gasteiger partial charge in [-0.1, -0.05) is 49.4 Å². The topological polar surface area (TPSA) is 55.4 Å². The molecule has 0 aliphatic carbocycles. The highest BCUT2D eigenvalue weighted by Crippen LogP contribution is 2.17. The van der Waals surface area contributed by atoms with E-state index in [1.165, 1.54) is 11.8 Å². The van der Waals surface area contributed by atoms with Crippen LogP contribution in [0, 0.1) is 0 Å². The zero-order chi connectivity index (χ0) is 18.3. The third-order valence-corrected chi connectivity index (χ3v) is 5.10. The van der Waals surface area contributed by atoms with Crippen molar-refractivity contribution in [2.45, 2.75) is 32.4 Å². The Hall–Kier alpha value is -1.85. The monoisotopic (exact) mass is 361 g/mol. The first-order chi connectivity index (χ1) is 11.8. The van der Waals surface area contributed by atoms with Crippen LogP contribution < -0.4 is 10.1 Å². The second-order valence-electron chi connectivity index (χ2n) is 6.64. The second kappa shape index (κ2) is 9.02. The van der Waals surface area contributed by atoms with Crippen LogP contribution in [0.25, 0.3) is 0 Å². The lowest BCUT2D eigenvalue weighted by molar-refractivity contribution is 0.272. The lowest BCUT2D eigenvalue weighted by Crippen LogP contribution is -2.31. The van der Waals surface area contributed by atoms with Crippen LogP contribution in [0.1, 0.15) is 30.9 Å². The fourth-order valence-corrected chi connectivity index (χ4v) is 3.70. The number of rotatable bonds is 9. The van der Waals surface area contributed by atoms with Gasteiger partial charge in [-0.15, -0.1) is 0 Å². The maximum atomic E-state index is 11.4. The van der Waals surface area contributed by atoms with Gasteiger partial charge in [0.15, 0.2) is 0 Å². The van der Waals surface area contributed by atoms with E-state index >= 15 is 0 Å². The molecule has 2 atom stereocenters. The molecule has 2 aromatic carbocycles. The van der Waals surface area contributed by atoms with Gasteiger partial charge in [-0.05, 0) is 36.1 Å². The Morgan fingerprint density at radius 3 is 2.24 bits per heavy atom. The van der Waals surface area contributed by atoms with E-state index in [1.54, 1.807) is 0 Å². The zero-order valence-corrected chi connectivity index (χ0v) is 15.9. The number of nitrogens with one attached hydrogen (secondary N) is 1. The molecule has 4 nitrogen and oxygen atoms in total. The minimum absolute atomic E-state index is 0.00945. The van der Waals surface area contributed by atoms with E-state index in [0.29, 0.717) is 6.61 Å². The molecule has 25 heavy (non-hydrogen) atoms. The molecule has 0 radical (unpaired) electrons. The Morgan fingerprint density at radius 1 is 1.00 bits per heavy atom. The predicted molar refractivity (Wildman–Crippen MR) is 103 cm³/mol. The van der Waals surface area contributed by atoms with E-state index in [1.807, 2.05) is 61.5 Å². The van der Waals surface area contributed by atoms with Crippen molar-refractivity contribution >= 4 is 9.84 Å². The van der Waals surface area contributed by atoms with Crippen molar-refractivity contribution in [2.24, 2.45) is 0 Å². The van der Waals surface area contributed by atoms with Crippen LogP contribution in [0.5, 0.6) is 5.75 Å². The third-order valence-electron chi connectivity index (χ3n) is 4.00. The van der Waals surface area contributed by atoms with E-state index in [2.05, 4.69) is 12.2 Å². The molecule has 0 heterocycles. The Balaban J connectivity index is 1.79. The lowest BCUT2D eigenvalue weighted by atomic mass is 10.0. The summed E-state index contributed by atoms with van der Waals surface area (Å²) in [7, 11) is -2.96. The quantitative estimate of drug-likeness (QED) is 0.744. The molecule has 0 aromatic heterocycles. The van der Waals surface area contributed by atoms with Gasteiger partial charge in [0, 0.05) is 18.8 Å². The average Bonchev–Trinajstić information content (AvgIpc) is 2.58. The Labute approximate surface area is 151 Å². The summed E-state index contributed by atoms with van der Waals surface area (Å²) in [5.74, 6) is 1.06. The predicted octanol–water partition coefficient (Wildman–Crippen LogP) is 3.39. The van der Waals surface area contributed by atoms with Crippen LogP contribution >= 0.6 is 0 Å². The molecule has 5 heteroatoms. The normalized spacial score (nSPS) is 14.0. The molecule has 0 aliphatic rings. The molecule has 0 saturated heterocycles. The summed E-state index contributed by atoms with van der Waals surface area (Å²) >= 11 is 0. The van der Waals surface area contributed by atoms with E-state index in [4.69, 9.17) is 4.74 Å². The highest BCUT2D eigenvalue weighted by Gasteiger charge is 2.12. The highest BCUT2D eigenvalue weighted by molar-refractivity contribution is 7.90. The van der Waals surface area contributed by atoms with E-state index < -0.39 is 9.84 Å². The standard InChI is InChI=1S/C20H27NO3S/c1-16(15-25(3,22)23)19-11-9-18(10-12-19)13-21-17(2)14-24-20-7-5-4-6-8-20/h4-12,16-17,21H,13-15H2,1-3H3/t16-,17?/m0/s1. The van der Waals surface area contributed by atoms with Gasteiger partial charge < -0.3 is 10.1 Å². The van der Waals surface area contributed by atoms with Crippen LogP contribution in [0.2, 0.25) is 0 Å². The lowest BCUT2D eigenvalue weighted by Gasteiger charge is -2.16. The molecule has 0 amide bonds. The highest BCUT2D eigenvalue weighted by atomic mass is 32.2. The van der Waals surface area contributed by atoms with Gasteiger partial charge in [-0.3, -0.25) is 0 Å². The van der Waals surface area contributed by atoms with Gasteiger partial charge in [0.25, 0.3) is 0 Å². The molecule has 136 valence electrons. The first kappa shape index (κ1) is 19.5. The number of para-hydroxylation sites is 1. The largest absolute Gasteiger partial charge is 0.492 e. The SMILES string of the molecule is CC(COc1ccccc1)NCc1ccc([C@@H](C)CS(C)(=O)=O)cc1. The van der Waals surface area contributed by atoms with Gasteiger partial charge in [0.05, 0.1) is 5.75 Å². The maximum absolute atomic E-state index is 11.4. The Bertz CT molecular complexity index is 742. The van der Waals surface area contributed by atoms with Crippen molar-refractivity contribution in [2.75, 3.05) is 18.6 Å². The number of ether oxygens (including phenoxy) is 1. The van der Waals surface area contributed by atoms with Crippen molar-refractivity contribution in [3.05, 3.63) is 65.7 Å². The first-order valence-corrected chi connectivity index (χ1v) is 10.6.